The molecule has 2 atom stereocenters. The largest absolute Gasteiger partial charge is 0.399 e. The van der Waals surface area contributed by atoms with E-state index in [9.17, 15) is 4.79 Å². The van der Waals surface area contributed by atoms with Crippen LogP contribution in [0, 0.1) is 5.92 Å². The van der Waals surface area contributed by atoms with E-state index >= 15 is 0 Å². The van der Waals surface area contributed by atoms with E-state index in [0.29, 0.717) is 23.2 Å². The van der Waals surface area contributed by atoms with E-state index in [0.717, 1.165) is 12.1 Å². The van der Waals surface area contributed by atoms with E-state index in [1.807, 2.05) is 6.07 Å². The van der Waals surface area contributed by atoms with Crippen molar-refractivity contribution in [3.05, 3.63) is 23.8 Å². The third kappa shape index (κ3) is 3.19. The van der Waals surface area contributed by atoms with Crippen LogP contribution in [0.25, 0.3) is 0 Å². The van der Waals surface area contributed by atoms with Crippen LogP contribution in [0.3, 0.4) is 0 Å². The summed E-state index contributed by atoms with van der Waals surface area (Å²) in [5, 5.41) is 6.18. The van der Waals surface area contributed by atoms with Crippen molar-refractivity contribution >= 4 is 17.3 Å². The molecule has 0 saturated heterocycles. The Morgan fingerprint density at radius 3 is 2.74 bits per heavy atom. The molecule has 1 amide bonds. The first-order valence-corrected chi connectivity index (χ1v) is 7.00. The van der Waals surface area contributed by atoms with Gasteiger partial charge in [-0.15, -0.1) is 0 Å². The maximum absolute atomic E-state index is 11.9. The molecular formula is C15H23N3O. The van der Waals surface area contributed by atoms with Gasteiger partial charge in [0.2, 0.25) is 0 Å². The summed E-state index contributed by atoms with van der Waals surface area (Å²) < 4.78 is 0. The number of amides is 1. The molecule has 0 aliphatic heterocycles. The Morgan fingerprint density at radius 1 is 1.32 bits per heavy atom. The zero-order valence-electron chi connectivity index (χ0n) is 11.7. The van der Waals surface area contributed by atoms with E-state index in [4.69, 9.17) is 5.73 Å². The molecular weight excluding hydrogens is 238 g/mol. The molecule has 4 heteroatoms. The van der Waals surface area contributed by atoms with Crippen LogP contribution in [-0.2, 0) is 0 Å². The van der Waals surface area contributed by atoms with Gasteiger partial charge in [-0.2, -0.15) is 0 Å². The molecule has 4 N–H and O–H groups in total. The number of nitrogens with one attached hydrogen (secondary N) is 2. The quantitative estimate of drug-likeness (QED) is 0.733. The van der Waals surface area contributed by atoms with Crippen LogP contribution >= 0.6 is 0 Å². The molecule has 0 spiro atoms. The number of carbonyl (C=O) groups is 1. The Hall–Kier alpha value is -1.71. The molecule has 0 aromatic heterocycles. The zero-order valence-corrected chi connectivity index (χ0v) is 11.7. The van der Waals surface area contributed by atoms with Gasteiger partial charge in [0.05, 0.1) is 5.56 Å². The Labute approximate surface area is 114 Å². The highest BCUT2D eigenvalue weighted by atomic mass is 16.1. The number of hydrogen-bond acceptors (Lipinski definition) is 3. The highest BCUT2D eigenvalue weighted by molar-refractivity contribution is 6.00. The van der Waals surface area contributed by atoms with Gasteiger partial charge in [-0.25, -0.2) is 0 Å². The first-order chi connectivity index (χ1) is 9.11. The predicted molar refractivity (Wildman–Crippen MR) is 79.3 cm³/mol. The number of nitrogens with two attached hydrogens (primary N) is 1. The van der Waals surface area contributed by atoms with Gasteiger partial charge >= 0.3 is 0 Å². The fourth-order valence-corrected chi connectivity index (χ4v) is 2.74. The number of benzene rings is 1. The van der Waals surface area contributed by atoms with Crippen LogP contribution in [-0.4, -0.2) is 19.0 Å². The molecule has 2 rings (SSSR count). The Balaban J connectivity index is 2.22. The second kappa shape index (κ2) is 5.95. The molecule has 0 radical (unpaired) electrons. The molecule has 1 saturated carbocycles. The number of hydrogen-bond donors (Lipinski definition) is 3. The highest BCUT2D eigenvalue weighted by Crippen LogP contribution is 2.29. The lowest BCUT2D eigenvalue weighted by atomic mass is 9.85. The minimum atomic E-state index is -0.0778. The van der Waals surface area contributed by atoms with Gasteiger partial charge < -0.3 is 16.4 Å². The van der Waals surface area contributed by atoms with Crippen LogP contribution < -0.4 is 16.4 Å². The van der Waals surface area contributed by atoms with Gasteiger partial charge in [-0.3, -0.25) is 4.79 Å². The number of nitrogen functional groups attached to an aromatic ring is 1. The van der Waals surface area contributed by atoms with Gasteiger partial charge in [0, 0.05) is 24.5 Å². The molecule has 0 heterocycles. The first kappa shape index (κ1) is 13.7. The summed E-state index contributed by atoms with van der Waals surface area (Å²) in [6.07, 6.45) is 4.96. The Morgan fingerprint density at radius 2 is 2.05 bits per heavy atom. The molecule has 0 bridgehead atoms. The van der Waals surface area contributed by atoms with Gasteiger partial charge in [0.1, 0.15) is 0 Å². The predicted octanol–water partition coefficient (Wildman–Crippen LogP) is 2.62. The van der Waals surface area contributed by atoms with E-state index in [-0.39, 0.29) is 5.91 Å². The zero-order chi connectivity index (χ0) is 13.8. The van der Waals surface area contributed by atoms with Crippen molar-refractivity contribution in [2.24, 2.45) is 5.92 Å². The summed E-state index contributed by atoms with van der Waals surface area (Å²) in [6.45, 7) is 2.27. The molecule has 1 aliphatic carbocycles. The van der Waals surface area contributed by atoms with Gasteiger partial charge in [0.25, 0.3) is 5.91 Å². The molecule has 1 aliphatic rings. The number of carbonyl (C=O) groups excluding carboxylic acids is 1. The first-order valence-electron chi connectivity index (χ1n) is 7.00. The average molecular weight is 261 g/mol. The number of anilines is 2. The lowest BCUT2D eigenvalue weighted by Crippen LogP contribution is -2.31. The van der Waals surface area contributed by atoms with Crippen LogP contribution in [0.4, 0.5) is 11.4 Å². The SMILES string of the molecule is CNC(=O)c1ccc(N)cc1NC1CCCCC1C. The molecule has 4 nitrogen and oxygen atoms in total. The van der Waals surface area contributed by atoms with Crippen molar-refractivity contribution in [2.75, 3.05) is 18.1 Å². The summed E-state index contributed by atoms with van der Waals surface area (Å²) in [5.74, 6) is 0.554. The van der Waals surface area contributed by atoms with Gasteiger partial charge in [-0.1, -0.05) is 19.8 Å². The maximum Gasteiger partial charge on any atom is 0.253 e. The Kier molecular flexibility index (Phi) is 4.30. The van der Waals surface area contributed by atoms with Gasteiger partial charge in [0.15, 0.2) is 0 Å². The van der Waals surface area contributed by atoms with Crippen molar-refractivity contribution in [2.45, 2.75) is 38.6 Å². The van der Waals surface area contributed by atoms with Crippen molar-refractivity contribution < 1.29 is 4.79 Å². The average Bonchev–Trinajstić information content (AvgIpc) is 2.41. The van der Waals surface area contributed by atoms with Crippen LogP contribution in [0.1, 0.15) is 43.0 Å². The van der Waals surface area contributed by atoms with E-state index in [2.05, 4.69) is 17.6 Å². The molecule has 1 aromatic rings. The molecule has 19 heavy (non-hydrogen) atoms. The minimum absolute atomic E-state index is 0.0778. The third-order valence-electron chi connectivity index (χ3n) is 3.97. The number of rotatable bonds is 3. The normalized spacial score (nSPS) is 22.8. The van der Waals surface area contributed by atoms with E-state index < -0.39 is 0 Å². The maximum atomic E-state index is 11.9. The third-order valence-corrected chi connectivity index (χ3v) is 3.97. The second-order valence-electron chi connectivity index (χ2n) is 5.40. The Bertz CT molecular complexity index is 459. The van der Waals surface area contributed by atoms with Crippen molar-refractivity contribution in [3.8, 4) is 0 Å². The summed E-state index contributed by atoms with van der Waals surface area (Å²) in [7, 11) is 1.64. The minimum Gasteiger partial charge on any atom is -0.399 e. The fraction of sp³-hybridized carbons (Fsp3) is 0.533. The monoisotopic (exact) mass is 261 g/mol. The van der Waals surface area contributed by atoms with Gasteiger partial charge in [-0.05, 0) is 37.0 Å². The second-order valence-corrected chi connectivity index (χ2v) is 5.40. The highest BCUT2D eigenvalue weighted by Gasteiger charge is 2.22. The summed E-state index contributed by atoms with van der Waals surface area (Å²) in [4.78, 5) is 11.9. The van der Waals surface area contributed by atoms with E-state index in [1.54, 1.807) is 19.2 Å². The molecule has 1 fully saturated rings. The summed E-state index contributed by atoms with van der Waals surface area (Å²) >= 11 is 0. The smallest absolute Gasteiger partial charge is 0.253 e. The van der Waals surface area contributed by atoms with Crippen molar-refractivity contribution in [3.63, 3.8) is 0 Å². The topological polar surface area (TPSA) is 67.2 Å². The molecule has 2 unspecified atom stereocenters. The van der Waals surface area contributed by atoms with Crippen molar-refractivity contribution in [1.82, 2.24) is 5.32 Å². The van der Waals surface area contributed by atoms with Crippen molar-refractivity contribution in [1.29, 1.82) is 0 Å². The standard InChI is InChI=1S/C15H23N3O/c1-10-5-3-4-6-13(10)18-14-9-11(16)7-8-12(14)15(19)17-2/h7-10,13,18H,3-6,16H2,1-2H3,(H,17,19). The lowest BCUT2D eigenvalue weighted by molar-refractivity contribution is 0.0964. The fourth-order valence-electron chi connectivity index (χ4n) is 2.74. The molecule has 104 valence electrons. The van der Waals surface area contributed by atoms with Crippen LogP contribution in [0.15, 0.2) is 18.2 Å². The van der Waals surface area contributed by atoms with E-state index in [1.165, 1.54) is 19.3 Å². The summed E-state index contributed by atoms with van der Waals surface area (Å²) in [6, 6.07) is 5.83. The summed E-state index contributed by atoms with van der Waals surface area (Å²) in [5.41, 5.74) is 8.02. The molecule has 1 aromatic carbocycles. The van der Waals surface area contributed by atoms with Crippen LogP contribution in [0.5, 0.6) is 0 Å². The van der Waals surface area contributed by atoms with Crippen LogP contribution in [0.2, 0.25) is 0 Å². The lowest BCUT2D eigenvalue weighted by Gasteiger charge is -2.31.